The number of nitrogens with one attached hydrogen (secondary N) is 2. The molecule has 2 N–H and O–H groups in total. The smallest absolute Gasteiger partial charge is 0.143 e. The maximum Gasteiger partial charge on any atom is 0.143 e. The predicted octanol–water partition coefficient (Wildman–Crippen LogP) is 4.38. The van der Waals surface area contributed by atoms with Crippen LogP contribution in [-0.4, -0.2) is 41.1 Å². The quantitative estimate of drug-likeness (QED) is 0.710. The van der Waals surface area contributed by atoms with E-state index in [1.54, 1.807) is 6.33 Å². The Morgan fingerprint density at radius 3 is 2.22 bits per heavy atom. The van der Waals surface area contributed by atoms with Gasteiger partial charge in [0.2, 0.25) is 0 Å². The minimum absolute atomic E-state index is 0.921. The Kier molecular flexibility index (Phi) is 5.99. The van der Waals surface area contributed by atoms with Crippen molar-refractivity contribution in [1.82, 2.24) is 20.3 Å². The van der Waals surface area contributed by atoms with Gasteiger partial charge in [-0.25, -0.2) is 9.97 Å². The van der Waals surface area contributed by atoms with Crippen molar-refractivity contribution in [3.05, 3.63) is 42.7 Å². The third-order valence-electron chi connectivity index (χ3n) is 5.35. The minimum Gasteiger partial charge on any atom is -0.356 e. The number of aromatic amines is 1. The van der Waals surface area contributed by atoms with Crippen molar-refractivity contribution in [2.45, 2.75) is 38.5 Å². The first-order valence-electron chi connectivity index (χ1n) is 10.3. The van der Waals surface area contributed by atoms with Crippen LogP contribution in [0.3, 0.4) is 0 Å². The van der Waals surface area contributed by atoms with Gasteiger partial charge in [0.1, 0.15) is 17.8 Å². The molecule has 0 saturated carbocycles. The van der Waals surface area contributed by atoms with E-state index in [0.29, 0.717) is 0 Å². The first kappa shape index (κ1) is 18.0. The number of benzene rings is 1. The van der Waals surface area contributed by atoms with Gasteiger partial charge < -0.3 is 15.2 Å². The number of hydrogen-bond donors (Lipinski definition) is 2. The molecule has 0 aliphatic carbocycles. The zero-order valence-electron chi connectivity index (χ0n) is 16.0. The molecule has 0 atom stereocenters. The normalized spacial score (nSPS) is 17.4. The molecule has 0 unspecified atom stereocenters. The number of fused-ring (bicyclic) bond motifs is 1. The predicted molar refractivity (Wildman–Crippen MR) is 112 cm³/mol. The van der Waals surface area contributed by atoms with Crippen molar-refractivity contribution >= 4 is 16.9 Å². The van der Waals surface area contributed by atoms with Crippen LogP contribution >= 0.6 is 0 Å². The molecule has 2 aliphatic heterocycles. The standard InChI is InChI=1S/C17H18N4.C5H11N/c1-3-7-13(8-4-1)15-11-14-16(20-15)18-12-19-17(14)21-9-5-2-6-10-21;1-2-4-6-5-3-1/h1,3-4,7-8,11-12H,2,5-6,9-10H2,(H,18,19,20);6H,1-5H2. The highest BCUT2D eigenvalue weighted by atomic mass is 15.2. The Labute approximate surface area is 161 Å². The topological polar surface area (TPSA) is 56.8 Å². The molecule has 5 nitrogen and oxygen atoms in total. The van der Waals surface area contributed by atoms with E-state index in [0.717, 1.165) is 35.6 Å². The van der Waals surface area contributed by atoms with E-state index in [9.17, 15) is 0 Å². The maximum atomic E-state index is 4.53. The molecule has 2 aromatic heterocycles. The number of aromatic nitrogens is 3. The molecule has 3 aromatic rings. The minimum atomic E-state index is 0.921. The fraction of sp³-hybridized carbons (Fsp3) is 0.455. The molecule has 2 aliphatic rings. The number of piperidine rings is 2. The highest BCUT2D eigenvalue weighted by molar-refractivity contribution is 5.91. The highest BCUT2D eigenvalue weighted by Gasteiger charge is 2.17. The van der Waals surface area contributed by atoms with Gasteiger partial charge in [-0.3, -0.25) is 0 Å². The number of anilines is 1. The summed E-state index contributed by atoms with van der Waals surface area (Å²) in [6.45, 7) is 4.69. The molecule has 0 amide bonds. The Morgan fingerprint density at radius 1 is 0.815 bits per heavy atom. The molecule has 5 heteroatoms. The monoisotopic (exact) mass is 363 g/mol. The van der Waals surface area contributed by atoms with Crippen LogP contribution in [0.15, 0.2) is 42.7 Å². The molecule has 0 spiro atoms. The summed E-state index contributed by atoms with van der Waals surface area (Å²) in [5.74, 6) is 1.07. The summed E-state index contributed by atoms with van der Waals surface area (Å²) in [5.41, 5.74) is 3.20. The van der Waals surface area contributed by atoms with Gasteiger partial charge in [0.25, 0.3) is 0 Å². The summed E-state index contributed by atoms with van der Waals surface area (Å²) >= 11 is 0. The molecule has 4 heterocycles. The zero-order valence-corrected chi connectivity index (χ0v) is 16.0. The Bertz CT molecular complexity index is 821. The van der Waals surface area contributed by atoms with Crippen LogP contribution in [0.5, 0.6) is 0 Å². The largest absolute Gasteiger partial charge is 0.356 e. The summed E-state index contributed by atoms with van der Waals surface area (Å²) in [5, 5.41) is 4.41. The lowest BCUT2D eigenvalue weighted by molar-refractivity contribution is 0.520. The average Bonchev–Trinajstić information content (AvgIpc) is 3.21. The lowest BCUT2D eigenvalue weighted by Gasteiger charge is -2.27. The van der Waals surface area contributed by atoms with Gasteiger partial charge >= 0.3 is 0 Å². The van der Waals surface area contributed by atoms with Crippen molar-refractivity contribution in [3.63, 3.8) is 0 Å². The van der Waals surface area contributed by atoms with Gasteiger partial charge in [-0.15, -0.1) is 0 Å². The molecule has 142 valence electrons. The molecule has 2 saturated heterocycles. The van der Waals surface area contributed by atoms with Gasteiger partial charge in [-0.05, 0) is 56.8 Å². The van der Waals surface area contributed by atoms with E-state index in [-0.39, 0.29) is 0 Å². The molecule has 27 heavy (non-hydrogen) atoms. The summed E-state index contributed by atoms with van der Waals surface area (Å²) in [6.07, 6.45) is 9.71. The zero-order chi connectivity index (χ0) is 18.3. The van der Waals surface area contributed by atoms with Crippen LogP contribution < -0.4 is 10.2 Å². The van der Waals surface area contributed by atoms with Crippen LogP contribution in [0.4, 0.5) is 5.82 Å². The fourth-order valence-electron chi connectivity index (χ4n) is 3.86. The number of nitrogens with zero attached hydrogens (tertiary/aromatic N) is 3. The summed E-state index contributed by atoms with van der Waals surface area (Å²) < 4.78 is 0. The molecular formula is C22H29N5. The second kappa shape index (κ2) is 9.00. The van der Waals surface area contributed by atoms with Crippen LogP contribution in [0.25, 0.3) is 22.3 Å². The summed E-state index contributed by atoms with van der Waals surface area (Å²) in [4.78, 5) is 14.7. The average molecular weight is 364 g/mol. The van der Waals surface area contributed by atoms with Gasteiger partial charge in [0.15, 0.2) is 0 Å². The van der Waals surface area contributed by atoms with Crippen LogP contribution in [0.2, 0.25) is 0 Å². The SMILES string of the molecule is C1CCNCC1.c1ccc(-c2cc3c(N4CCCCC4)ncnc3[nH]2)cc1. The fourth-order valence-corrected chi connectivity index (χ4v) is 3.86. The Balaban J connectivity index is 0.000000257. The Morgan fingerprint density at radius 2 is 1.56 bits per heavy atom. The van der Waals surface area contributed by atoms with Gasteiger partial charge in [0.05, 0.1) is 5.39 Å². The van der Waals surface area contributed by atoms with Gasteiger partial charge in [0, 0.05) is 18.8 Å². The van der Waals surface area contributed by atoms with Gasteiger partial charge in [-0.2, -0.15) is 0 Å². The van der Waals surface area contributed by atoms with E-state index in [1.165, 1.54) is 57.2 Å². The molecule has 0 bridgehead atoms. The first-order chi connectivity index (χ1) is 13.4. The first-order valence-corrected chi connectivity index (χ1v) is 10.3. The second-order valence-electron chi connectivity index (χ2n) is 7.37. The molecular weight excluding hydrogens is 334 g/mol. The summed E-state index contributed by atoms with van der Waals surface area (Å²) in [6, 6.07) is 12.5. The molecule has 1 aromatic carbocycles. The van der Waals surface area contributed by atoms with E-state index in [1.807, 2.05) is 6.07 Å². The van der Waals surface area contributed by atoms with E-state index in [4.69, 9.17) is 0 Å². The number of hydrogen-bond acceptors (Lipinski definition) is 4. The van der Waals surface area contributed by atoms with E-state index < -0.39 is 0 Å². The third-order valence-corrected chi connectivity index (χ3v) is 5.35. The second-order valence-corrected chi connectivity index (χ2v) is 7.37. The lowest BCUT2D eigenvalue weighted by atomic mass is 10.1. The number of H-pyrrole nitrogens is 1. The van der Waals surface area contributed by atoms with Crippen molar-refractivity contribution in [1.29, 1.82) is 0 Å². The lowest BCUT2D eigenvalue weighted by Crippen LogP contribution is -2.30. The third kappa shape index (κ3) is 4.48. The number of rotatable bonds is 2. The summed E-state index contributed by atoms with van der Waals surface area (Å²) in [7, 11) is 0. The molecule has 5 rings (SSSR count). The highest BCUT2D eigenvalue weighted by Crippen LogP contribution is 2.29. The molecule has 0 radical (unpaired) electrons. The van der Waals surface area contributed by atoms with Crippen LogP contribution in [0, 0.1) is 0 Å². The van der Waals surface area contributed by atoms with Crippen LogP contribution in [-0.2, 0) is 0 Å². The molecule has 2 fully saturated rings. The van der Waals surface area contributed by atoms with Gasteiger partial charge in [-0.1, -0.05) is 36.8 Å². The van der Waals surface area contributed by atoms with Crippen LogP contribution in [0.1, 0.15) is 38.5 Å². The maximum absolute atomic E-state index is 4.53. The van der Waals surface area contributed by atoms with E-state index >= 15 is 0 Å². The van der Waals surface area contributed by atoms with E-state index in [2.05, 4.69) is 55.5 Å². The van der Waals surface area contributed by atoms with Crippen molar-refractivity contribution < 1.29 is 0 Å². The van der Waals surface area contributed by atoms with Crippen molar-refractivity contribution in [3.8, 4) is 11.3 Å². The van der Waals surface area contributed by atoms with Crippen molar-refractivity contribution in [2.24, 2.45) is 0 Å². The van der Waals surface area contributed by atoms with Crippen molar-refractivity contribution in [2.75, 3.05) is 31.1 Å². The Hall–Kier alpha value is -2.40.